The van der Waals surface area contributed by atoms with Gasteiger partial charge in [0, 0.05) is 19.0 Å². The molecule has 1 aromatic carbocycles. The number of hydrogen-bond acceptors (Lipinski definition) is 5. The maximum Gasteiger partial charge on any atom is 0.408 e. The van der Waals surface area contributed by atoms with Crippen molar-refractivity contribution in [2.45, 2.75) is 136 Å². The molecule has 0 aromatic heterocycles. The number of primary amides is 1. The molecule has 3 atom stereocenters. The molecule has 0 bridgehead atoms. The van der Waals surface area contributed by atoms with E-state index >= 15 is 0 Å². The third-order valence-corrected chi connectivity index (χ3v) is 6.83. The highest BCUT2D eigenvalue weighted by Crippen LogP contribution is 2.25. The molecule has 9 nitrogen and oxygen atoms in total. The van der Waals surface area contributed by atoms with Crippen molar-refractivity contribution in [1.82, 2.24) is 15.5 Å². The predicted molar refractivity (Wildman–Crippen MR) is 163 cm³/mol. The van der Waals surface area contributed by atoms with E-state index in [0.717, 1.165) is 50.5 Å². The van der Waals surface area contributed by atoms with Gasteiger partial charge in [-0.25, -0.2) is 4.79 Å². The largest absolute Gasteiger partial charge is 0.444 e. The number of nitrogens with two attached hydrogens (primary N) is 1. The number of benzene rings is 1. The molecule has 41 heavy (non-hydrogen) atoms. The number of alkyl carbamates (subject to hydrolysis) is 1. The maximum atomic E-state index is 14.3. The second kappa shape index (κ2) is 18.4. The van der Waals surface area contributed by atoms with Crippen molar-refractivity contribution in [3.63, 3.8) is 0 Å². The molecule has 3 unspecified atom stereocenters. The number of carbonyl (C=O) groups is 4. The van der Waals surface area contributed by atoms with Crippen LogP contribution in [0.1, 0.15) is 123 Å². The highest BCUT2D eigenvalue weighted by Gasteiger charge is 2.36. The Bertz CT molecular complexity index is 958. The quantitative estimate of drug-likeness (QED) is 0.198. The van der Waals surface area contributed by atoms with E-state index < -0.39 is 35.6 Å². The van der Waals surface area contributed by atoms with Crippen LogP contribution in [0.5, 0.6) is 0 Å². The molecule has 0 spiro atoms. The van der Waals surface area contributed by atoms with Gasteiger partial charge in [-0.15, -0.1) is 0 Å². The van der Waals surface area contributed by atoms with Gasteiger partial charge in [-0.2, -0.15) is 0 Å². The summed E-state index contributed by atoms with van der Waals surface area (Å²) in [4.78, 5) is 54.1. The van der Waals surface area contributed by atoms with Gasteiger partial charge in [0.25, 0.3) is 0 Å². The number of nitrogens with zero attached hydrogens (tertiary/aromatic N) is 1. The Kier molecular flexibility index (Phi) is 16.1. The van der Waals surface area contributed by atoms with E-state index in [2.05, 4.69) is 31.4 Å². The number of amides is 4. The summed E-state index contributed by atoms with van der Waals surface area (Å²) in [6.45, 7) is 13.7. The predicted octanol–water partition coefficient (Wildman–Crippen LogP) is 5.55. The number of aryl methyl sites for hydroxylation is 1. The zero-order valence-electron chi connectivity index (χ0n) is 26.4. The summed E-state index contributed by atoms with van der Waals surface area (Å²) >= 11 is 0. The molecule has 9 heteroatoms. The summed E-state index contributed by atoms with van der Waals surface area (Å²) in [5.41, 5.74) is 6.45. The zero-order chi connectivity index (χ0) is 31.0. The molecule has 0 fully saturated rings. The minimum absolute atomic E-state index is 0.00487. The molecule has 232 valence electrons. The van der Waals surface area contributed by atoms with E-state index in [1.165, 1.54) is 0 Å². The summed E-state index contributed by atoms with van der Waals surface area (Å²) < 4.78 is 5.41. The second-order valence-corrected chi connectivity index (χ2v) is 11.8. The Labute approximate surface area is 247 Å². The van der Waals surface area contributed by atoms with Gasteiger partial charge in [0.1, 0.15) is 17.7 Å². The lowest BCUT2D eigenvalue weighted by Crippen LogP contribution is -2.54. The molecule has 0 aliphatic heterocycles. The Balaban J connectivity index is 3.53. The molecule has 0 radical (unpaired) electrons. The molecule has 0 heterocycles. The number of nitrogens with one attached hydrogen (secondary N) is 2. The Hall–Kier alpha value is -3.10. The summed E-state index contributed by atoms with van der Waals surface area (Å²) in [5.74, 6) is -1.31. The fraction of sp³-hybridized carbons (Fsp3) is 0.688. The van der Waals surface area contributed by atoms with Crippen LogP contribution in [0.4, 0.5) is 4.79 Å². The minimum Gasteiger partial charge on any atom is -0.444 e. The fourth-order valence-corrected chi connectivity index (χ4v) is 4.68. The van der Waals surface area contributed by atoms with E-state index in [0.29, 0.717) is 18.5 Å². The summed E-state index contributed by atoms with van der Waals surface area (Å²) in [6.07, 6.45) is 6.48. The van der Waals surface area contributed by atoms with Gasteiger partial charge in [0.2, 0.25) is 17.7 Å². The topological polar surface area (TPSA) is 131 Å². The second-order valence-electron chi connectivity index (χ2n) is 11.8. The lowest BCUT2D eigenvalue weighted by molar-refractivity contribution is -0.143. The standard InChI is InChI=1S/C32H54N4O5/c1-8-11-12-13-14-22-36(30(39)26(20-21-27(33)37)35-31(40)41-32(5,6)7)28(29(38)34-23(4)15-9-2)25-18-16-24(10-3)17-19-25/h16-19,23,26,28H,8-15,20-22H2,1-7H3,(H2,33,37)(H,34,38)(H,35,40). The van der Waals surface area contributed by atoms with Crippen molar-refractivity contribution in [3.05, 3.63) is 35.4 Å². The lowest BCUT2D eigenvalue weighted by atomic mass is 9.98. The first-order chi connectivity index (χ1) is 19.3. The zero-order valence-corrected chi connectivity index (χ0v) is 26.4. The van der Waals surface area contributed by atoms with Crippen LogP contribution >= 0.6 is 0 Å². The molecule has 0 saturated carbocycles. The van der Waals surface area contributed by atoms with Crippen molar-refractivity contribution < 1.29 is 23.9 Å². The van der Waals surface area contributed by atoms with Gasteiger partial charge in [-0.3, -0.25) is 14.4 Å². The first kappa shape index (κ1) is 35.9. The SMILES string of the molecule is CCCCCCCN(C(=O)C(CCC(N)=O)NC(=O)OC(C)(C)C)C(C(=O)NC(C)CCC)c1ccc(CC)cc1. The molecule has 1 aromatic rings. The van der Waals surface area contributed by atoms with Crippen LogP contribution < -0.4 is 16.4 Å². The van der Waals surface area contributed by atoms with Crippen molar-refractivity contribution in [2.75, 3.05) is 6.54 Å². The molecular formula is C32H54N4O5. The van der Waals surface area contributed by atoms with Gasteiger partial charge in [0.05, 0.1) is 0 Å². The van der Waals surface area contributed by atoms with Gasteiger partial charge in [-0.1, -0.05) is 77.1 Å². The highest BCUT2D eigenvalue weighted by atomic mass is 16.6. The van der Waals surface area contributed by atoms with Crippen LogP contribution in [0, 0.1) is 0 Å². The van der Waals surface area contributed by atoms with Crippen molar-refractivity contribution in [2.24, 2.45) is 5.73 Å². The molecule has 4 N–H and O–H groups in total. The highest BCUT2D eigenvalue weighted by molar-refractivity contribution is 5.92. The number of unbranched alkanes of at least 4 members (excludes halogenated alkanes) is 4. The van der Waals surface area contributed by atoms with Crippen molar-refractivity contribution >= 4 is 23.8 Å². The summed E-state index contributed by atoms with van der Waals surface area (Å²) in [7, 11) is 0. The van der Waals surface area contributed by atoms with Crippen LogP contribution in [-0.2, 0) is 25.5 Å². The maximum absolute atomic E-state index is 14.3. The average molecular weight is 575 g/mol. The lowest BCUT2D eigenvalue weighted by Gasteiger charge is -2.35. The Morgan fingerprint density at radius 1 is 0.902 bits per heavy atom. The molecule has 0 aliphatic rings. The molecule has 0 saturated heterocycles. The molecule has 1 rings (SSSR count). The van der Waals surface area contributed by atoms with Crippen LogP contribution in [0.25, 0.3) is 0 Å². The van der Waals surface area contributed by atoms with Crippen LogP contribution in [-0.4, -0.2) is 52.9 Å². The molecular weight excluding hydrogens is 520 g/mol. The number of ether oxygens (including phenoxy) is 1. The Morgan fingerprint density at radius 3 is 2.07 bits per heavy atom. The van der Waals surface area contributed by atoms with Crippen molar-refractivity contribution in [1.29, 1.82) is 0 Å². The van der Waals surface area contributed by atoms with E-state index in [9.17, 15) is 19.2 Å². The van der Waals surface area contributed by atoms with Gasteiger partial charge in [0.15, 0.2) is 0 Å². The average Bonchev–Trinajstić information content (AvgIpc) is 2.89. The number of hydrogen-bond donors (Lipinski definition) is 3. The summed E-state index contributed by atoms with van der Waals surface area (Å²) in [5, 5.41) is 5.75. The third kappa shape index (κ3) is 13.9. The van der Waals surface area contributed by atoms with Crippen LogP contribution in [0.2, 0.25) is 0 Å². The van der Waals surface area contributed by atoms with Gasteiger partial charge >= 0.3 is 6.09 Å². The monoisotopic (exact) mass is 574 g/mol. The smallest absolute Gasteiger partial charge is 0.408 e. The first-order valence-electron chi connectivity index (χ1n) is 15.3. The number of carbonyl (C=O) groups excluding carboxylic acids is 4. The summed E-state index contributed by atoms with van der Waals surface area (Å²) in [6, 6.07) is 5.66. The van der Waals surface area contributed by atoms with E-state index in [1.54, 1.807) is 25.7 Å². The normalized spacial score (nSPS) is 13.5. The Morgan fingerprint density at radius 2 is 1.54 bits per heavy atom. The molecule has 0 aliphatic carbocycles. The first-order valence-corrected chi connectivity index (χ1v) is 15.3. The van der Waals surface area contributed by atoms with Gasteiger partial charge in [-0.05, 0) is 64.5 Å². The molecule has 4 amide bonds. The third-order valence-electron chi connectivity index (χ3n) is 6.83. The minimum atomic E-state index is -1.09. The number of rotatable bonds is 18. The van der Waals surface area contributed by atoms with Gasteiger partial charge < -0.3 is 26.0 Å². The van der Waals surface area contributed by atoms with E-state index in [-0.39, 0.29) is 24.8 Å². The fourth-order valence-electron chi connectivity index (χ4n) is 4.68. The van der Waals surface area contributed by atoms with Crippen molar-refractivity contribution in [3.8, 4) is 0 Å². The van der Waals surface area contributed by atoms with Crippen LogP contribution in [0.3, 0.4) is 0 Å². The van der Waals surface area contributed by atoms with Crippen LogP contribution in [0.15, 0.2) is 24.3 Å². The van der Waals surface area contributed by atoms with E-state index in [4.69, 9.17) is 10.5 Å². The van der Waals surface area contributed by atoms with E-state index in [1.807, 2.05) is 31.2 Å².